The lowest BCUT2D eigenvalue weighted by atomic mass is 9.98. The van der Waals surface area contributed by atoms with E-state index in [0.29, 0.717) is 56.3 Å². The lowest BCUT2D eigenvalue weighted by Gasteiger charge is -2.38. The zero-order chi connectivity index (χ0) is 22.8. The fourth-order valence-corrected chi connectivity index (χ4v) is 7.05. The Morgan fingerprint density at radius 2 is 1.81 bits per heavy atom. The predicted octanol–water partition coefficient (Wildman–Crippen LogP) is 1.52. The molecule has 2 aliphatic heterocycles. The summed E-state index contributed by atoms with van der Waals surface area (Å²) in [6, 6.07) is 3.46. The van der Waals surface area contributed by atoms with E-state index in [2.05, 4.69) is 10.2 Å². The van der Waals surface area contributed by atoms with E-state index >= 15 is 0 Å². The molecule has 0 bridgehead atoms. The summed E-state index contributed by atoms with van der Waals surface area (Å²) in [5.74, 6) is -0.286. The van der Waals surface area contributed by atoms with Crippen LogP contribution in [0.5, 0.6) is 0 Å². The van der Waals surface area contributed by atoms with Gasteiger partial charge in [0, 0.05) is 49.7 Å². The average molecular weight is 471 g/mol. The maximum atomic E-state index is 13.1. The van der Waals surface area contributed by atoms with Crippen molar-refractivity contribution in [2.75, 3.05) is 45.8 Å². The Balaban J connectivity index is 1.53. The molecule has 8 nitrogen and oxygen atoms in total. The number of rotatable bonds is 5. The molecule has 0 radical (unpaired) electrons. The number of piperidine rings is 1. The van der Waals surface area contributed by atoms with Gasteiger partial charge in [-0.25, -0.2) is 8.42 Å². The molecule has 0 spiro atoms. The monoisotopic (exact) mass is 470 g/mol. The minimum absolute atomic E-state index is 0.00998. The molecule has 1 aromatic heterocycles. The van der Waals surface area contributed by atoms with Crippen molar-refractivity contribution < 1.29 is 18.0 Å². The van der Waals surface area contributed by atoms with Crippen LogP contribution in [0.3, 0.4) is 0 Å². The molecule has 2 fully saturated rings. The Labute approximate surface area is 189 Å². The molecule has 2 saturated heterocycles. The van der Waals surface area contributed by atoms with Crippen molar-refractivity contribution in [1.29, 1.82) is 0 Å². The molecular formula is C21H34N4O4S2. The van der Waals surface area contributed by atoms with Crippen molar-refractivity contribution in [3.63, 3.8) is 0 Å². The van der Waals surface area contributed by atoms with Crippen LogP contribution in [0.15, 0.2) is 16.3 Å². The number of amides is 2. The van der Waals surface area contributed by atoms with Crippen molar-refractivity contribution in [2.45, 2.75) is 50.3 Å². The van der Waals surface area contributed by atoms with Crippen LogP contribution in [0.2, 0.25) is 0 Å². The molecule has 174 valence electrons. The Hall–Kier alpha value is -1.49. The summed E-state index contributed by atoms with van der Waals surface area (Å²) in [6.07, 6.45) is 1.40. The number of carbonyl (C=O) groups is 2. The highest BCUT2D eigenvalue weighted by Crippen LogP contribution is 2.29. The summed E-state index contributed by atoms with van der Waals surface area (Å²) in [7, 11) is -3.55. The topological polar surface area (TPSA) is 90.0 Å². The fourth-order valence-electron chi connectivity index (χ4n) is 4.09. The second-order valence-electron chi connectivity index (χ2n) is 9.47. The SMILES string of the molecule is Cc1ccc(S(=O)(=O)N2CCCC(C(=O)N3CCN(CC(=O)NC(C)(C)C)CC3)C2)s1. The molecule has 0 aliphatic carbocycles. The quantitative estimate of drug-likeness (QED) is 0.705. The Morgan fingerprint density at radius 3 is 2.39 bits per heavy atom. The number of hydrogen-bond acceptors (Lipinski definition) is 6. The van der Waals surface area contributed by atoms with Gasteiger partial charge in [0.1, 0.15) is 4.21 Å². The average Bonchev–Trinajstić information content (AvgIpc) is 3.14. The van der Waals surface area contributed by atoms with Crippen LogP contribution in [0.4, 0.5) is 0 Å². The lowest BCUT2D eigenvalue weighted by Crippen LogP contribution is -2.55. The van der Waals surface area contributed by atoms with E-state index in [4.69, 9.17) is 0 Å². The van der Waals surface area contributed by atoms with E-state index < -0.39 is 10.0 Å². The molecule has 3 rings (SSSR count). The molecule has 1 unspecified atom stereocenters. The fraction of sp³-hybridized carbons (Fsp3) is 0.714. The molecule has 10 heteroatoms. The third-order valence-electron chi connectivity index (χ3n) is 5.61. The second kappa shape index (κ2) is 9.56. The second-order valence-corrected chi connectivity index (χ2v) is 12.9. The molecule has 0 saturated carbocycles. The summed E-state index contributed by atoms with van der Waals surface area (Å²) in [4.78, 5) is 30.1. The third kappa shape index (κ3) is 6.27. The summed E-state index contributed by atoms with van der Waals surface area (Å²) in [6.45, 7) is 11.2. The van der Waals surface area contributed by atoms with Gasteiger partial charge in [0.25, 0.3) is 10.0 Å². The number of carbonyl (C=O) groups excluding carboxylic acids is 2. The number of thiophene rings is 1. The van der Waals surface area contributed by atoms with Crippen LogP contribution in [0.1, 0.15) is 38.5 Å². The molecule has 2 amide bonds. The number of sulfonamides is 1. The smallest absolute Gasteiger partial charge is 0.252 e. The Bertz CT molecular complexity index is 899. The number of nitrogens with one attached hydrogen (secondary N) is 1. The van der Waals surface area contributed by atoms with Gasteiger partial charge in [0.2, 0.25) is 11.8 Å². The third-order valence-corrected chi connectivity index (χ3v) is 8.94. The zero-order valence-electron chi connectivity index (χ0n) is 18.9. The number of aryl methyl sites for hydroxylation is 1. The lowest BCUT2D eigenvalue weighted by molar-refractivity contribution is -0.138. The highest BCUT2D eigenvalue weighted by Gasteiger charge is 2.36. The first-order valence-corrected chi connectivity index (χ1v) is 13.1. The Kier molecular flexibility index (Phi) is 7.45. The van der Waals surface area contributed by atoms with Gasteiger partial charge in [-0.3, -0.25) is 14.5 Å². The molecule has 31 heavy (non-hydrogen) atoms. The standard InChI is InChI=1S/C21H34N4O4S2/c1-16-7-8-19(30-16)31(28,29)25-9-5-6-17(14-25)20(27)24-12-10-23(11-13-24)15-18(26)22-21(2,3)4/h7-8,17H,5-6,9-15H2,1-4H3,(H,22,26). The van der Waals surface area contributed by atoms with Crippen LogP contribution >= 0.6 is 11.3 Å². The van der Waals surface area contributed by atoms with Crippen molar-refractivity contribution in [2.24, 2.45) is 5.92 Å². The van der Waals surface area contributed by atoms with Gasteiger partial charge >= 0.3 is 0 Å². The minimum atomic E-state index is -3.55. The highest BCUT2D eigenvalue weighted by atomic mass is 32.2. The van der Waals surface area contributed by atoms with Gasteiger partial charge in [-0.1, -0.05) is 0 Å². The Morgan fingerprint density at radius 1 is 1.13 bits per heavy atom. The van der Waals surface area contributed by atoms with Crippen LogP contribution < -0.4 is 5.32 Å². The van der Waals surface area contributed by atoms with E-state index in [1.54, 1.807) is 6.07 Å². The maximum absolute atomic E-state index is 13.1. The summed E-state index contributed by atoms with van der Waals surface area (Å²) < 4.78 is 27.7. The van der Waals surface area contributed by atoms with E-state index in [1.165, 1.54) is 15.6 Å². The van der Waals surface area contributed by atoms with Gasteiger partial charge in [-0.05, 0) is 52.7 Å². The minimum Gasteiger partial charge on any atom is -0.350 e. The molecule has 1 atom stereocenters. The molecule has 1 aromatic rings. The summed E-state index contributed by atoms with van der Waals surface area (Å²) in [5.41, 5.74) is -0.260. The number of hydrogen-bond donors (Lipinski definition) is 1. The van der Waals surface area contributed by atoms with Gasteiger partial charge in [0.15, 0.2) is 0 Å². The van der Waals surface area contributed by atoms with Gasteiger partial charge < -0.3 is 10.2 Å². The van der Waals surface area contributed by atoms with Crippen molar-refractivity contribution in [1.82, 2.24) is 19.4 Å². The van der Waals surface area contributed by atoms with Crippen LogP contribution in [0, 0.1) is 12.8 Å². The molecule has 0 aromatic carbocycles. The van der Waals surface area contributed by atoms with Crippen LogP contribution in [-0.2, 0) is 19.6 Å². The van der Waals surface area contributed by atoms with E-state index in [0.717, 1.165) is 4.88 Å². The predicted molar refractivity (Wildman–Crippen MR) is 121 cm³/mol. The van der Waals surface area contributed by atoms with Crippen molar-refractivity contribution in [3.8, 4) is 0 Å². The maximum Gasteiger partial charge on any atom is 0.252 e. The van der Waals surface area contributed by atoms with Gasteiger partial charge in [-0.2, -0.15) is 4.31 Å². The largest absolute Gasteiger partial charge is 0.350 e. The summed E-state index contributed by atoms with van der Waals surface area (Å²) in [5, 5.41) is 2.96. The number of nitrogens with zero attached hydrogens (tertiary/aromatic N) is 3. The van der Waals surface area contributed by atoms with E-state index in [1.807, 2.05) is 38.7 Å². The van der Waals surface area contributed by atoms with Crippen LogP contribution in [-0.4, -0.2) is 85.7 Å². The van der Waals surface area contributed by atoms with Crippen molar-refractivity contribution in [3.05, 3.63) is 17.0 Å². The van der Waals surface area contributed by atoms with E-state index in [9.17, 15) is 18.0 Å². The number of piperazine rings is 1. The molecule has 3 heterocycles. The molecule has 2 aliphatic rings. The van der Waals surface area contributed by atoms with Gasteiger partial charge in [0.05, 0.1) is 12.5 Å². The van der Waals surface area contributed by atoms with Gasteiger partial charge in [-0.15, -0.1) is 11.3 Å². The normalized spacial score (nSPS) is 21.8. The first-order chi connectivity index (χ1) is 14.5. The first kappa shape index (κ1) is 24.2. The summed E-state index contributed by atoms with van der Waals surface area (Å²) >= 11 is 1.27. The van der Waals surface area contributed by atoms with Crippen molar-refractivity contribution >= 4 is 33.2 Å². The zero-order valence-corrected chi connectivity index (χ0v) is 20.5. The van der Waals surface area contributed by atoms with E-state index in [-0.39, 0.29) is 29.8 Å². The van der Waals surface area contributed by atoms with Crippen LogP contribution in [0.25, 0.3) is 0 Å². The molecular weight excluding hydrogens is 436 g/mol. The first-order valence-electron chi connectivity index (χ1n) is 10.8. The molecule has 1 N–H and O–H groups in total. The highest BCUT2D eigenvalue weighted by molar-refractivity contribution is 7.91.